The highest BCUT2D eigenvalue weighted by molar-refractivity contribution is 9.11. The summed E-state index contributed by atoms with van der Waals surface area (Å²) in [7, 11) is 0. The van der Waals surface area contributed by atoms with Crippen LogP contribution in [-0.2, 0) is 0 Å². The van der Waals surface area contributed by atoms with Gasteiger partial charge in [-0.1, -0.05) is 0 Å². The number of ether oxygens (including phenoxy) is 1. The third-order valence-corrected chi connectivity index (χ3v) is 3.67. The van der Waals surface area contributed by atoms with Crippen molar-refractivity contribution in [2.75, 3.05) is 0 Å². The normalized spacial score (nSPS) is 10.4. The molecule has 0 fully saturated rings. The molecule has 1 aromatic carbocycles. The molecule has 5 nitrogen and oxygen atoms in total. The van der Waals surface area contributed by atoms with E-state index in [1.165, 1.54) is 6.07 Å². The minimum atomic E-state index is -0.403. The first-order chi connectivity index (χ1) is 9.38. The van der Waals surface area contributed by atoms with Crippen LogP contribution in [0, 0.1) is 24.0 Å². The van der Waals surface area contributed by atoms with Crippen LogP contribution in [0.2, 0.25) is 0 Å². The maximum atomic E-state index is 10.9. The molecule has 104 valence electrons. The number of nitro benzene ring substituents is 1. The highest BCUT2D eigenvalue weighted by Gasteiger charge is 2.15. The van der Waals surface area contributed by atoms with E-state index in [2.05, 4.69) is 36.8 Å². The van der Waals surface area contributed by atoms with Gasteiger partial charge >= 0.3 is 0 Å². The Kier molecular flexibility index (Phi) is 4.39. The number of hydrogen-bond acceptors (Lipinski definition) is 4. The Hall–Kier alpha value is -1.47. The zero-order valence-corrected chi connectivity index (χ0v) is 13.9. The predicted octanol–water partition coefficient (Wildman–Crippen LogP) is 4.92. The van der Waals surface area contributed by atoms with E-state index >= 15 is 0 Å². The Morgan fingerprint density at radius 1 is 1.20 bits per heavy atom. The fourth-order valence-corrected chi connectivity index (χ4v) is 2.73. The lowest BCUT2D eigenvalue weighted by molar-refractivity contribution is -0.385. The fraction of sp³-hybridized carbons (Fsp3) is 0.154. The molecule has 0 aliphatic carbocycles. The molecule has 2 rings (SSSR count). The van der Waals surface area contributed by atoms with E-state index in [0.29, 0.717) is 27.2 Å². The molecule has 2 aromatic rings. The number of halogens is 2. The molecule has 0 unspecified atom stereocenters. The molecule has 7 heteroatoms. The average molecular weight is 402 g/mol. The lowest BCUT2D eigenvalue weighted by Crippen LogP contribution is -1.96. The lowest BCUT2D eigenvalue weighted by atomic mass is 10.1. The summed E-state index contributed by atoms with van der Waals surface area (Å²) >= 11 is 6.67. The molecular weight excluding hydrogens is 392 g/mol. The third-order valence-electron chi connectivity index (χ3n) is 2.67. The standard InChI is InChI=1S/C13H10Br2N2O3/c1-7-4-12(8(2)3-11(7)17(18)19)20-13-10(15)5-9(14)6-16-13/h3-6H,1-2H3. The van der Waals surface area contributed by atoms with Gasteiger partial charge < -0.3 is 4.74 Å². The predicted molar refractivity (Wildman–Crippen MR) is 82.3 cm³/mol. The van der Waals surface area contributed by atoms with Crippen molar-refractivity contribution in [3.05, 3.63) is 54.6 Å². The first kappa shape index (κ1) is 14.9. The molecule has 0 N–H and O–H groups in total. The van der Waals surface area contributed by atoms with Crippen molar-refractivity contribution in [1.82, 2.24) is 4.98 Å². The summed E-state index contributed by atoms with van der Waals surface area (Å²) in [5.74, 6) is 0.952. The Balaban J connectivity index is 2.39. The van der Waals surface area contributed by atoms with E-state index < -0.39 is 4.92 Å². The fourth-order valence-electron chi connectivity index (χ4n) is 1.66. The third kappa shape index (κ3) is 3.16. The van der Waals surface area contributed by atoms with Crippen molar-refractivity contribution < 1.29 is 9.66 Å². The molecule has 0 atom stereocenters. The zero-order valence-electron chi connectivity index (χ0n) is 10.7. The van der Waals surface area contributed by atoms with Crippen LogP contribution >= 0.6 is 31.9 Å². The SMILES string of the molecule is Cc1cc([N+](=O)[O-])c(C)cc1Oc1ncc(Br)cc1Br. The molecule has 0 radical (unpaired) electrons. The van der Waals surface area contributed by atoms with Crippen molar-refractivity contribution in [3.8, 4) is 11.6 Å². The van der Waals surface area contributed by atoms with E-state index in [1.807, 2.05) is 6.07 Å². The highest BCUT2D eigenvalue weighted by atomic mass is 79.9. The Morgan fingerprint density at radius 3 is 2.50 bits per heavy atom. The van der Waals surface area contributed by atoms with Gasteiger partial charge in [-0.15, -0.1) is 0 Å². The van der Waals surface area contributed by atoms with Crippen molar-refractivity contribution in [1.29, 1.82) is 0 Å². The number of nitro groups is 1. The molecule has 0 aliphatic heterocycles. The van der Waals surface area contributed by atoms with Crippen LogP contribution in [0.15, 0.2) is 33.3 Å². The van der Waals surface area contributed by atoms with Gasteiger partial charge in [-0.2, -0.15) is 0 Å². The number of aryl methyl sites for hydroxylation is 2. The van der Waals surface area contributed by atoms with Crippen LogP contribution in [0.5, 0.6) is 11.6 Å². The minimum absolute atomic E-state index is 0.0812. The zero-order chi connectivity index (χ0) is 14.9. The van der Waals surface area contributed by atoms with Gasteiger partial charge in [0.05, 0.1) is 9.40 Å². The van der Waals surface area contributed by atoms with E-state index in [4.69, 9.17) is 4.74 Å². The molecule has 1 aromatic heterocycles. The number of pyridine rings is 1. The monoisotopic (exact) mass is 400 g/mol. The molecule has 0 saturated carbocycles. The smallest absolute Gasteiger partial charge is 0.272 e. The quantitative estimate of drug-likeness (QED) is 0.540. The van der Waals surface area contributed by atoms with Gasteiger partial charge in [0.15, 0.2) is 0 Å². The maximum absolute atomic E-state index is 10.9. The number of aromatic nitrogens is 1. The topological polar surface area (TPSA) is 65.3 Å². The van der Waals surface area contributed by atoms with Crippen LogP contribution in [0.1, 0.15) is 11.1 Å². The summed E-state index contributed by atoms with van der Waals surface area (Å²) in [6.45, 7) is 3.43. The molecule has 0 bridgehead atoms. The maximum Gasteiger partial charge on any atom is 0.272 e. The first-order valence-electron chi connectivity index (χ1n) is 5.63. The number of hydrogen-bond donors (Lipinski definition) is 0. The Labute approximate surface area is 132 Å². The minimum Gasteiger partial charge on any atom is -0.438 e. The largest absolute Gasteiger partial charge is 0.438 e. The number of benzene rings is 1. The van der Waals surface area contributed by atoms with Gasteiger partial charge in [-0.05, 0) is 63.4 Å². The van der Waals surface area contributed by atoms with Gasteiger partial charge in [0.25, 0.3) is 5.69 Å². The molecular formula is C13H10Br2N2O3. The van der Waals surface area contributed by atoms with Crippen LogP contribution in [0.25, 0.3) is 0 Å². The molecule has 20 heavy (non-hydrogen) atoms. The van der Waals surface area contributed by atoms with E-state index in [0.717, 1.165) is 4.47 Å². The summed E-state index contributed by atoms with van der Waals surface area (Å²) in [4.78, 5) is 14.6. The second-order valence-corrected chi connectivity index (χ2v) is 5.97. The second kappa shape index (κ2) is 5.88. The van der Waals surface area contributed by atoms with Gasteiger partial charge in [0.2, 0.25) is 5.88 Å². The molecule has 0 aliphatic rings. The molecule has 0 amide bonds. The van der Waals surface area contributed by atoms with Gasteiger partial charge in [-0.25, -0.2) is 4.98 Å². The summed E-state index contributed by atoms with van der Waals surface area (Å²) in [5.41, 5.74) is 1.31. The number of nitrogens with zero attached hydrogens (tertiary/aromatic N) is 2. The lowest BCUT2D eigenvalue weighted by Gasteiger charge is -2.10. The van der Waals surface area contributed by atoms with Crippen molar-refractivity contribution >= 4 is 37.5 Å². The summed E-state index contributed by atoms with van der Waals surface area (Å²) < 4.78 is 7.23. The highest BCUT2D eigenvalue weighted by Crippen LogP contribution is 2.34. The van der Waals surface area contributed by atoms with E-state index in [-0.39, 0.29) is 5.69 Å². The summed E-state index contributed by atoms with van der Waals surface area (Å²) in [5, 5.41) is 10.9. The van der Waals surface area contributed by atoms with E-state index in [1.54, 1.807) is 26.1 Å². The van der Waals surface area contributed by atoms with Crippen molar-refractivity contribution in [2.24, 2.45) is 0 Å². The van der Waals surface area contributed by atoms with Crippen LogP contribution in [0.4, 0.5) is 5.69 Å². The van der Waals surface area contributed by atoms with Crippen LogP contribution in [-0.4, -0.2) is 9.91 Å². The van der Waals surface area contributed by atoms with Gasteiger partial charge in [-0.3, -0.25) is 10.1 Å². The number of rotatable bonds is 3. The van der Waals surface area contributed by atoms with Crippen molar-refractivity contribution in [3.63, 3.8) is 0 Å². The van der Waals surface area contributed by atoms with Crippen LogP contribution < -0.4 is 4.74 Å². The average Bonchev–Trinajstić information content (AvgIpc) is 2.36. The Bertz CT molecular complexity index is 690. The Morgan fingerprint density at radius 2 is 1.90 bits per heavy atom. The van der Waals surface area contributed by atoms with Crippen molar-refractivity contribution in [2.45, 2.75) is 13.8 Å². The van der Waals surface area contributed by atoms with Gasteiger partial charge in [0, 0.05) is 22.3 Å². The molecule has 0 saturated heterocycles. The summed E-state index contributed by atoms with van der Waals surface area (Å²) in [6.07, 6.45) is 1.62. The van der Waals surface area contributed by atoms with Crippen LogP contribution in [0.3, 0.4) is 0 Å². The molecule has 0 spiro atoms. The van der Waals surface area contributed by atoms with E-state index in [9.17, 15) is 10.1 Å². The molecule has 1 heterocycles. The van der Waals surface area contributed by atoms with Gasteiger partial charge in [0.1, 0.15) is 5.75 Å². The summed E-state index contributed by atoms with van der Waals surface area (Å²) in [6, 6.07) is 4.96. The first-order valence-corrected chi connectivity index (χ1v) is 7.21. The second-order valence-electron chi connectivity index (χ2n) is 4.20.